The second-order valence-electron chi connectivity index (χ2n) is 4.38. The van der Waals surface area contributed by atoms with E-state index in [4.69, 9.17) is 4.74 Å². The maximum Gasteiger partial charge on any atom is 0.345 e. The Morgan fingerprint density at radius 3 is 2.61 bits per heavy atom. The minimum atomic E-state index is -2.75. The summed E-state index contributed by atoms with van der Waals surface area (Å²) in [7, 11) is 0. The third-order valence-corrected chi connectivity index (χ3v) is 2.55. The lowest BCUT2D eigenvalue weighted by Gasteiger charge is -2.35. The summed E-state index contributed by atoms with van der Waals surface area (Å²) in [6.45, 7) is 2.42. The molecule has 1 saturated heterocycles. The summed E-state index contributed by atoms with van der Waals surface area (Å²) in [6.07, 6.45) is 0.397. The van der Waals surface area contributed by atoms with Crippen LogP contribution in [0.4, 0.5) is 13.6 Å². The second kappa shape index (κ2) is 7.48. The quantitative estimate of drug-likeness (QED) is 0.766. The first kappa shape index (κ1) is 15.1. The molecule has 106 valence electrons. The summed E-state index contributed by atoms with van der Waals surface area (Å²) in [5.74, 6) is 0. The normalized spacial score (nSPS) is 24.4. The molecule has 0 aliphatic carbocycles. The average Bonchev–Trinajstić information content (AvgIpc) is 2.26. The number of carbonyl (C=O) groups is 1. The van der Waals surface area contributed by atoms with E-state index < -0.39 is 6.61 Å². The SMILES string of the molecule is C[C@@H]1CN(C(=O)NCCCOC(F)F)C[C@H](C)O1. The Morgan fingerprint density at radius 1 is 1.44 bits per heavy atom. The molecule has 0 saturated carbocycles. The molecule has 0 spiro atoms. The number of alkyl halides is 2. The van der Waals surface area contributed by atoms with Crippen molar-refractivity contribution in [3.05, 3.63) is 0 Å². The van der Waals surface area contributed by atoms with Gasteiger partial charge in [-0.3, -0.25) is 0 Å². The van der Waals surface area contributed by atoms with Gasteiger partial charge in [0, 0.05) is 19.6 Å². The standard InChI is InChI=1S/C11H20F2N2O3/c1-8-6-15(7-9(2)18-8)11(16)14-4-3-5-17-10(12)13/h8-10H,3-7H2,1-2H3,(H,14,16)/t8-,9+. The lowest BCUT2D eigenvalue weighted by Crippen LogP contribution is -2.51. The van der Waals surface area contributed by atoms with E-state index in [0.29, 0.717) is 26.1 Å². The minimum Gasteiger partial charge on any atom is -0.372 e. The van der Waals surface area contributed by atoms with Gasteiger partial charge in [-0.2, -0.15) is 8.78 Å². The van der Waals surface area contributed by atoms with E-state index in [0.717, 1.165) is 0 Å². The van der Waals surface area contributed by atoms with Crippen molar-refractivity contribution in [3.8, 4) is 0 Å². The van der Waals surface area contributed by atoms with Gasteiger partial charge >= 0.3 is 12.6 Å². The summed E-state index contributed by atoms with van der Waals surface area (Å²) in [5, 5.41) is 2.67. The Morgan fingerprint density at radius 2 is 2.06 bits per heavy atom. The van der Waals surface area contributed by atoms with E-state index in [-0.39, 0.29) is 24.8 Å². The maximum atomic E-state index is 11.8. The molecule has 0 unspecified atom stereocenters. The number of morpholine rings is 1. The van der Waals surface area contributed by atoms with Gasteiger partial charge in [0.1, 0.15) is 0 Å². The fraction of sp³-hybridized carbons (Fsp3) is 0.909. The molecule has 0 bridgehead atoms. The third-order valence-electron chi connectivity index (χ3n) is 2.55. The van der Waals surface area contributed by atoms with E-state index >= 15 is 0 Å². The molecule has 0 radical (unpaired) electrons. The number of urea groups is 1. The zero-order valence-electron chi connectivity index (χ0n) is 10.7. The van der Waals surface area contributed by atoms with Crippen molar-refractivity contribution in [2.75, 3.05) is 26.2 Å². The highest BCUT2D eigenvalue weighted by Gasteiger charge is 2.25. The van der Waals surface area contributed by atoms with Crippen LogP contribution in [0.3, 0.4) is 0 Å². The highest BCUT2D eigenvalue weighted by molar-refractivity contribution is 5.74. The molecule has 0 aromatic heterocycles. The molecular formula is C11H20F2N2O3. The Labute approximate surface area is 105 Å². The second-order valence-corrected chi connectivity index (χ2v) is 4.38. The largest absolute Gasteiger partial charge is 0.372 e. The third kappa shape index (κ3) is 5.59. The number of halogens is 2. The molecule has 1 aliphatic rings. The van der Waals surface area contributed by atoms with Crippen LogP contribution in [0, 0.1) is 0 Å². The van der Waals surface area contributed by atoms with Crippen molar-refractivity contribution in [2.45, 2.75) is 39.1 Å². The van der Waals surface area contributed by atoms with E-state index in [9.17, 15) is 13.6 Å². The number of amides is 2. The Kier molecular flexibility index (Phi) is 6.28. The van der Waals surface area contributed by atoms with Gasteiger partial charge in [-0.05, 0) is 20.3 Å². The molecule has 1 heterocycles. The molecular weight excluding hydrogens is 246 g/mol. The summed E-state index contributed by atoms with van der Waals surface area (Å²) >= 11 is 0. The van der Waals surface area contributed by atoms with Crippen LogP contribution in [0.25, 0.3) is 0 Å². The van der Waals surface area contributed by atoms with Crippen molar-refractivity contribution in [1.29, 1.82) is 0 Å². The Hall–Kier alpha value is -0.950. The summed E-state index contributed by atoms with van der Waals surface area (Å²) in [6, 6.07) is -0.186. The predicted octanol–water partition coefficient (Wildman–Crippen LogP) is 1.43. The summed E-state index contributed by atoms with van der Waals surface area (Å²) in [5.41, 5.74) is 0. The molecule has 0 aromatic rings. The fourth-order valence-electron chi connectivity index (χ4n) is 1.90. The van der Waals surface area contributed by atoms with Crippen LogP contribution in [-0.2, 0) is 9.47 Å². The van der Waals surface area contributed by atoms with Crippen LogP contribution >= 0.6 is 0 Å². The van der Waals surface area contributed by atoms with Gasteiger partial charge in [-0.25, -0.2) is 4.79 Å². The van der Waals surface area contributed by atoms with Gasteiger partial charge in [-0.1, -0.05) is 0 Å². The van der Waals surface area contributed by atoms with Gasteiger partial charge in [-0.15, -0.1) is 0 Å². The number of carbonyl (C=O) groups excluding carboxylic acids is 1. The molecule has 5 nitrogen and oxygen atoms in total. The van der Waals surface area contributed by atoms with Crippen molar-refractivity contribution in [3.63, 3.8) is 0 Å². The van der Waals surface area contributed by atoms with Gasteiger partial charge in [0.05, 0.1) is 18.8 Å². The Bertz CT molecular complexity index is 257. The van der Waals surface area contributed by atoms with Crippen molar-refractivity contribution >= 4 is 6.03 Å². The van der Waals surface area contributed by atoms with E-state index in [1.807, 2.05) is 13.8 Å². The monoisotopic (exact) mass is 266 g/mol. The van der Waals surface area contributed by atoms with Crippen LogP contribution in [0.2, 0.25) is 0 Å². The van der Waals surface area contributed by atoms with Crippen LogP contribution in [-0.4, -0.2) is 56.0 Å². The predicted molar refractivity (Wildman–Crippen MR) is 61.6 cm³/mol. The summed E-state index contributed by atoms with van der Waals surface area (Å²) in [4.78, 5) is 13.4. The molecule has 7 heteroatoms. The zero-order valence-corrected chi connectivity index (χ0v) is 10.7. The number of hydrogen-bond donors (Lipinski definition) is 1. The van der Waals surface area contributed by atoms with Crippen molar-refractivity contribution in [2.24, 2.45) is 0 Å². The fourth-order valence-corrected chi connectivity index (χ4v) is 1.90. The van der Waals surface area contributed by atoms with Crippen molar-refractivity contribution in [1.82, 2.24) is 10.2 Å². The number of rotatable bonds is 5. The zero-order chi connectivity index (χ0) is 13.5. The van der Waals surface area contributed by atoms with Crippen LogP contribution < -0.4 is 5.32 Å². The number of nitrogens with zero attached hydrogens (tertiary/aromatic N) is 1. The number of nitrogens with one attached hydrogen (secondary N) is 1. The number of ether oxygens (including phenoxy) is 2. The maximum absolute atomic E-state index is 11.8. The molecule has 18 heavy (non-hydrogen) atoms. The molecule has 2 amide bonds. The molecule has 1 N–H and O–H groups in total. The molecule has 1 rings (SSSR count). The molecule has 1 fully saturated rings. The highest BCUT2D eigenvalue weighted by Crippen LogP contribution is 2.10. The molecule has 1 aliphatic heterocycles. The topological polar surface area (TPSA) is 50.8 Å². The van der Waals surface area contributed by atoms with Gasteiger partial charge in [0.2, 0.25) is 0 Å². The van der Waals surface area contributed by atoms with E-state index in [1.165, 1.54) is 0 Å². The molecule has 0 aromatic carbocycles. The minimum absolute atomic E-state index is 0.0154. The van der Waals surface area contributed by atoms with Crippen LogP contribution in [0.5, 0.6) is 0 Å². The van der Waals surface area contributed by atoms with Gasteiger partial charge in [0.15, 0.2) is 0 Å². The van der Waals surface area contributed by atoms with Crippen LogP contribution in [0.1, 0.15) is 20.3 Å². The average molecular weight is 266 g/mol. The first-order valence-electron chi connectivity index (χ1n) is 6.07. The van der Waals surface area contributed by atoms with Gasteiger partial charge in [0.25, 0.3) is 0 Å². The highest BCUT2D eigenvalue weighted by atomic mass is 19.3. The first-order valence-corrected chi connectivity index (χ1v) is 6.07. The number of hydrogen-bond acceptors (Lipinski definition) is 3. The summed E-state index contributed by atoms with van der Waals surface area (Å²) < 4.78 is 32.9. The molecule has 2 atom stereocenters. The van der Waals surface area contributed by atoms with Crippen molar-refractivity contribution < 1.29 is 23.0 Å². The lowest BCUT2D eigenvalue weighted by molar-refractivity contribution is -0.128. The van der Waals surface area contributed by atoms with Gasteiger partial charge < -0.3 is 19.7 Å². The Balaban J connectivity index is 2.16. The smallest absolute Gasteiger partial charge is 0.345 e. The lowest BCUT2D eigenvalue weighted by atomic mass is 10.2. The van der Waals surface area contributed by atoms with E-state index in [1.54, 1.807) is 4.90 Å². The van der Waals surface area contributed by atoms with Crippen LogP contribution in [0.15, 0.2) is 0 Å². The first-order chi connectivity index (χ1) is 8.49. The van der Waals surface area contributed by atoms with E-state index in [2.05, 4.69) is 10.1 Å².